The number of hydrogen-bond donors (Lipinski definition) is 1. The van der Waals surface area contributed by atoms with Crippen LogP contribution in [0.4, 0.5) is 5.69 Å². The van der Waals surface area contributed by atoms with Crippen LogP contribution in [0, 0.1) is 0 Å². The van der Waals surface area contributed by atoms with E-state index in [0.717, 1.165) is 11.4 Å². The van der Waals surface area contributed by atoms with Crippen molar-refractivity contribution in [3.63, 3.8) is 0 Å². The van der Waals surface area contributed by atoms with Crippen molar-refractivity contribution in [3.05, 3.63) is 53.9 Å². The number of nitrogens with zero attached hydrogens (tertiary/aromatic N) is 2. The molecule has 0 spiro atoms. The molecule has 1 aliphatic rings. The van der Waals surface area contributed by atoms with Gasteiger partial charge in [-0.3, -0.25) is 4.79 Å². The molecule has 18 heavy (non-hydrogen) atoms. The van der Waals surface area contributed by atoms with Crippen molar-refractivity contribution in [2.45, 2.75) is 18.8 Å². The largest absolute Gasteiger partial charge is 0.321 e. The minimum atomic E-state index is -0.226. The molecule has 1 N–H and O–H groups in total. The first-order valence-electron chi connectivity index (χ1n) is 6.03. The molecule has 0 bridgehead atoms. The van der Waals surface area contributed by atoms with Crippen molar-refractivity contribution in [2.75, 3.05) is 5.32 Å². The summed E-state index contributed by atoms with van der Waals surface area (Å²) in [5.41, 5.74) is 2.10. The number of hydrogen-bond acceptors (Lipinski definition) is 3. The van der Waals surface area contributed by atoms with Gasteiger partial charge in [0, 0.05) is 11.6 Å². The Kier molecular flexibility index (Phi) is 2.76. The highest BCUT2D eigenvalue weighted by molar-refractivity contribution is 6.02. The van der Waals surface area contributed by atoms with Crippen LogP contribution in [0.5, 0.6) is 0 Å². The lowest BCUT2D eigenvalue weighted by molar-refractivity contribution is 0.102. The molecule has 90 valence electrons. The zero-order valence-corrected chi connectivity index (χ0v) is 9.84. The van der Waals surface area contributed by atoms with Gasteiger partial charge in [-0.25, -0.2) is 0 Å². The average molecular weight is 239 g/mol. The molecule has 4 heteroatoms. The molecule has 1 aromatic heterocycles. The molecule has 0 unspecified atom stereocenters. The maximum Gasteiger partial charge on any atom is 0.276 e. The Hall–Kier alpha value is -2.23. The summed E-state index contributed by atoms with van der Waals surface area (Å²) in [6.07, 6.45) is 2.37. The van der Waals surface area contributed by atoms with E-state index in [0.29, 0.717) is 11.6 Å². The van der Waals surface area contributed by atoms with Crippen molar-refractivity contribution in [1.82, 2.24) is 10.2 Å². The predicted octanol–water partition coefficient (Wildman–Crippen LogP) is 2.61. The molecule has 1 amide bonds. The van der Waals surface area contributed by atoms with Gasteiger partial charge in [-0.15, -0.1) is 5.10 Å². The molecule has 2 aromatic rings. The van der Waals surface area contributed by atoms with E-state index >= 15 is 0 Å². The van der Waals surface area contributed by atoms with Crippen LogP contribution in [-0.4, -0.2) is 16.1 Å². The van der Waals surface area contributed by atoms with E-state index in [4.69, 9.17) is 0 Å². The van der Waals surface area contributed by atoms with Crippen molar-refractivity contribution in [2.24, 2.45) is 0 Å². The predicted molar refractivity (Wildman–Crippen MR) is 68.4 cm³/mol. The van der Waals surface area contributed by atoms with E-state index in [2.05, 4.69) is 15.5 Å². The monoisotopic (exact) mass is 239 g/mol. The maximum absolute atomic E-state index is 11.9. The number of carbonyl (C=O) groups excluding carboxylic acids is 1. The number of amides is 1. The SMILES string of the molecule is O=C(Nc1ccccc1)c1ccc(C2CC2)nn1. The Morgan fingerprint density at radius 3 is 2.44 bits per heavy atom. The van der Waals surface area contributed by atoms with Crippen molar-refractivity contribution < 1.29 is 4.79 Å². The smallest absolute Gasteiger partial charge is 0.276 e. The van der Waals surface area contributed by atoms with Gasteiger partial charge in [-0.2, -0.15) is 5.10 Å². The minimum Gasteiger partial charge on any atom is -0.321 e. The van der Waals surface area contributed by atoms with Gasteiger partial charge < -0.3 is 5.32 Å². The van der Waals surface area contributed by atoms with Crippen LogP contribution in [0.15, 0.2) is 42.5 Å². The van der Waals surface area contributed by atoms with Crippen LogP contribution >= 0.6 is 0 Å². The van der Waals surface area contributed by atoms with E-state index in [1.165, 1.54) is 12.8 Å². The molecule has 1 fully saturated rings. The Morgan fingerprint density at radius 1 is 1.06 bits per heavy atom. The summed E-state index contributed by atoms with van der Waals surface area (Å²) in [6.45, 7) is 0. The summed E-state index contributed by atoms with van der Waals surface area (Å²) in [5, 5.41) is 10.8. The van der Waals surface area contributed by atoms with Gasteiger partial charge in [0.15, 0.2) is 5.69 Å². The number of aromatic nitrogens is 2. The van der Waals surface area contributed by atoms with Crippen molar-refractivity contribution in [3.8, 4) is 0 Å². The van der Waals surface area contributed by atoms with E-state index in [-0.39, 0.29) is 5.91 Å². The summed E-state index contributed by atoms with van der Waals surface area (Å²) in [7, 11) is 0. The van der Waals surface area contributed by atoms with Crippen LogP contribution in [0.2, 0.25) is 0 Å². The van der Waals surface area contributed by atoms with Crippen molar-refractivity contribution in [1.29, 1.82) is 0 Å². The van der Waals surface area contributed by atoms with Crippen LogP contribution in [0.1, 0.15) is 34.9 Å². The van der Waals surface area contributed by atoms with Crippen LogP contribution in [0.3, 0.4) is 0 Å². The summed E-state index contributed by atoms with van der Waals surface area (Å²) in [4.78, 5) is 11.9. The van der Waals surface area contributed by atoms with Gasteiger partial charge in [-0.1, -0.05) is 18.2 Å². The minimum absolute atomic E-state index is 0.226. The molecule has 0 radical (unpaired) electrons. The third kappa shape index (κ3) is 2.37. The van der Waals surface area contributed by atoms with Gasteiger partial charge in [-0.05, 0) is 37.1 Å². The Bertz CT molecular complexity index is 547. The fourth-order valence-corrected chi connectivity index (χ4v) is 1.78. The second-order valence-corrected chi connectivity index (χ2v) is 4.44. The molecule has 4 nitrogen and oxygen atoms in total. The van der Waals surface area contributed by atoms with Crippen molar-refractivity contribution >= 4 is 11.6 Å². The van der Waals surface area contributed by atoms with Gasteiger partial charge in [0.05, 0.1) is 5.69 Å². The summed E-state index contributed by atoms with van der Waals surface area (Å²) in [5.74, 6) is 0.333. The molecule has 1 aliphatic carbocycles. The topological polar surface area (TPSA) is 54.9 Å². The molecule has 0 aliphatic heterocycles. The number of benzene rings is 1. The van der Waals surface area contributed by atoms with E-state index in [9.17, 15) is 4.79 Å². The lowest BCUT2D eigenvalue weighted by atomic mass is 10.2. The second kappa shape index (κ2) is 4.56. The highest BCUT2D eigenvalue weighted by Crippen LogP contribution is 2.38. The molecular weight excluding hydrogens is 226 g/mol. The first kappa shape index (κ1) is 10.9. The highest BCUT2D eigenvalue weighted by Gasteiger charge is 2.25. The van der Waals surface area contributed by atoms with Crippen LogP contribution in [0.25, 0.3) is 0 Å². The molecule has 0 atom stereocenters. The number of para-hydroxylation sites is 1. The van der Waals surface area contributed by atoms with E-state index in [1.807, 2.05) is 36.4 Å². The standard InChI is InChI=1S/C14H13N3O/c18-14(15-11-4-2-1-3-5-11)13-9-8-12(16-17-13)10-6-7-10/h1-5,8-10H,6-7H2,(H,15,18). The molecule has 0 saturated heterocycles. The zero-order chi connectivity index (χ0) is 12.4. The van der Waals surface area contributed by atoms with Crippen LogP contribution < -0.4 is 5.32 Å². The molecular formula is C14H13N3O. The summed E-state index contributed by atoms with van der Waals surface area (Å²) in [6, 6.07) is 13.0. The number of rotatable bonds is 3. The van der Waals surface area contributed by atoms with E-state index < -0.39 is 0 Å². The Balaban J connectivity index is 1.72. The number of carbonyl (C=O) groups is 1. The van der Waals surface area contributed by atoms with Gasteiger partial charge in [0.2, 0.25) is 0 Å². The third-order valence-electron chi connectivity index (χ3n) is 2.95. The third-order valence-corrected chi connectivity index (χ3v) is 2.95. The van der Waals surface area contributed by atoms with E-state index in [1.54, 1.807) is 6.07 Å². The number of anilines is 1. The first-order valence-corrected chi connectivity index (χ1v) is 6.03. The van der Waals surface area contributed by atoms with Gasteiger partial charge in [0.1, 0.15) is 0 Å². The Morgan fingerprint density at radius 2 is 1.83 bits per heavy atom. The maximum atomic E-state index is 11.9. The second-order valence-electron chi connectivity index (χ2n) is 4.44. The molecule has 1 heterocycles. The highest BCUT2D eigenvalue weighted by atomic mass is 16.1. The lowest BCUT2D eigenvalue weighted by Gasteiger charge is -2.04. The first-order chi connectivity index (χ1) is 8.83. The van der Waals surface area contributed by atoms with Crippen LogP contribution in [-0.2, 0) is 0 Å². The fourth-order valence-electron chi connectivity index (χ4n) is 1.78. The quantitative estimate of drug-likeness (QED) is 0.895. The van der Waals surface area contributed by atoms with Gasteiger partial charge in [0.25, 0.3) is 5.91 Å². The molecule has 3 rings (SSSR count). The Labute approximate surface area is 105 Å². The lowest BCUT2D eigenvalue weighted by Crippen LogP contribution is -2.14. The normalized spacial score (nSPS) is 14.2. The molecule has 1 aromatic carbocycles. The number of nitrogens with one attached hydrogen (secondary N) is 1. The summed E-state index contributed by atoms with van der Waals surface area (Å²) >= 11 is 0. The molecule has 1 saturated carbocycles. The van der Waals surface area contributed by atoms with Gasteiger partial charge >= 0.3 is 0 Å². The summed E-state index contributed by atoms with van der Waals surface area (Å²) < 4.78 is 0. The zero-order valence-electron chi connectivity index (χ0n) is 9.84. The fraction of sp³-hybridized carbons (Fsp3) is 0.214. The average Bonchev–Trinajstić information content (AvgIpc) is 3.24.